The summed E-state index contributed by atoms with van der Waals surface area (Å²) in [6, 6.07) is 16.5. The number of benzene rings is 2. The van der Waals surface area contributed by atoms with Crippen molar-refractivity contribution in [3.8, 4) is 0 Å². The van der Waals surface area contributed by atoms with E-state index in [9.17, 15) is 9.59 Å². The van der Waals surface area contributed by atoms with Crippen molar-refractivity contribution in [2.24, 2.45) is 0 Å². The highest BCUT2D eigenvalue weighted by Crippen LogP contribution is 2.26. The molecule has 0 aromatic heterocycles. The number of rotatable bonds is 17. The first kappa shape index (κ1) is 28.4. The third-order valence-electron chi connectivity index (χ3n) is 6.13. The Balaban J connectivity index is 1.62. The molecule has 2 rings (SSSR count). The highest BCUT2D eigenvalue weighted by atomic mass is 16.5. The topological polar surface area (TPSA) is 58.6 Å². The van der Waals surface area contributed by atoms with Crippen LogP contribution in [0.2, 0.25) is 0 Å². The van der Waals surface area contributed by atoms with Gasteiger partial charge in [0, 0.05) is 26.9 Å². The van der Waals surface area contributed by atoms with Crippen LogP contribution in [-0.2, 0) is 27.4 Å². The number of anilines is 2. The minimum Gasteiger partial charge on any atom is -0.461 e. The maximum Gasteiger partial charge on any atom is 0.306 e. The molecule has 0 heterocycles. The molecule has 0 aliphatic carbocycles. The van der Waals surface area contributed by atoms with Gasteiger partial charge in [-0.25, -0.2) is 0 Å². The maximum atomic E-state index is 12.6. The van der Waals surface area contributed by atoms with Crippen molar-refractivity contribution in [3.05, 3.63) is 59.7 Å². The van der Waals surface area contributed by atoms with Crippen molar-refractivity contribution in [2.45, 2.75) is 90.6 Å². The Morgan fingerprint density at radius 1 is 0.800 bits per heavy atom. The van der Waals surface area contributed by atoms with E-state index in [1.54, 1.807) is 0 Å². The summed E-state index contributed by atoms with van der Waals surface area (Å²) in [6.45, 7) is 2.18. The molecular weight excluding hydrogens is 436 g/mol. The standard InChI is InChI=1S/C30H44N2O3/c1-4-16-30(34)35-24-26-21-22-28(32(2)3)27(23-26)31-29(33)20-15-10-8-6-5-7-9-12-17-25-18-13-11-14-19-25/h11,13-14,18-19,21-23H,4-10,12,15-17,20,24H2,1-3H3,(H,31,33). The number of aryl methyl sites for hydroxylation is 1. The average Bonchev–Trinajstić information content (AvgIpc) is 2.84. The van der Waals surface area contributed by atoms with Crippen LogP contribution in [0.15, 0.2) is 48.5 Å². The number of ether oxygens (including phenoxy) is 1. The van der Waals surface area contributed by atoms with Gasteiger partial charge in [-0.1, -0.05) is 81.8 Å². The lowest BCUT2D eigenvalue weighted by atomic mass is 10.0. The maximum absolute atomic E-state index is 12.6. The Labute approximate surface area is 212 Å². The summed E-state index contributed by atoms with van der Waals surface area (Å²) in [4.78, 5) is 26.2. The Kier molecular flexibility index (Phi) is 13.6. The zero-order valence-electron chi connectivity index (χ0n) is 22.0. The number of nitrogens with zero attached hydrogens (tertiary/aromatic N) is 1. The van der Waals surface area contributed by atoms with E-state index in [-0.39, 0.29) is 18.5 Å². The van der Waals surface area contributed by atoms with Gasteiger partial charge in [-0.3, -0.25) is 9.59 Å². The second-order valence-corrected chi connectivity index (χ2v) is 9.52. The summed E-state index contributed by atoms with van der Waals surface area (Å²) in [5.74, 6) is -0.156. The lowest BCUT2D eigenvalue weighted by Crippen LogP contribution is -2.17. The minimum absolute atomic E-state index is 0.0362. The van der Waals surface area contributed by atoms with Gasteiger partial charge < -0.3 is 15.0 Å². The van der Waals surface area contributed by atoms with E-state index in [1.807, 2.05) is 44.1 Å². The number of hydrogen-bond acceptors (Lipinski definition) is 4. The fourth-order valence-electron chi connectivity index (χ4n) is 4.14. The molecule has 0 saturated carbocycles. The molecule has 0 saturated heterocycles. The van der Waals surface area contributed by atoms with Crippen molar-refractivity contribution >= 4 is 23.3 Å². The first-order valence-electron chi connectivity index (χ1n) is 13.3. The van der Waals surface area contributed by atoms with E-state index in [0.29, 0.717) is 12.8 Å². The molecule has 5 heteroatoms. The molecule has 0 bridgehead atoms. The second kappa shape index (κ2) is 16.7. The number of esters is 1. The lowest BCUT2D eigenvalue weighted by molar-refractivity contribution is -0.145. The van der Waals surface area contributed by atoms with E-state index in [2.05, 4.69) is 35.6 Å². The molecule has 0 fully saturated rings. The minimum atomic E-state index is -0.193. The van der Waals surface area contributed by atoms with E-state index >= 15 is 0 Å². The summed E-state index contributed by atoms with van der Waals surface area (Å²) >= 11 is 0. The third kappa shape index (κ3) is 11.9. The Hall–Kier alpha value is -2.82. The van der Waals surface area contributed by atoms with E-state index in [1.165, 1.54) is 50.5 Å². The molecule has 0 aliphatic rings. The van der Waals surface area contributed by atoms with Gasteiger partial charge in [0.05, 0.1) is 11.4 Å². The van der Waals surface area contributed by atoms with Crippen LogP contribution >= 0.6 is 0 Å². The van der Waals surface area contributed by atoms with Gasteiger partial charge >= 0.3 is 5.97 Å². The highest BCUT2D eigenvalue weighted by Gasteiger charge is 2.11. The monoisotopic (exact) mass is 480 g/mol. The number of carbonyl (C=O) groups excluding carboxylic acids is 2. The molecule has 1 amide bonds. The SMILES string of the molecule is CCCC(=O)OCc1ccc(N(C)C)c(NC(=O)CCCCCCCCCCc2ccccc2)c1. The average molecular weight is 481 g/mol. The molecule has 0 radical (unpaired) electrons. The summed E-state index contributed by atoms with van der Waals surface area (Å²) < 4.78 is 5.32. The predicted octanol–water partition coefficient (Wildman–Crippen LogP) is 7.29. The number of unbranched alkanes of at least 4 members (excludes halogenated alkanes) is 7. The molecule has 1 N–H and O–H groups in total. The summed E-state index contributed by atoms with van der Waals surface area (Å²) in [5.41, 5.74) is 4.01. The van der Waals surface area contributed by atoms with Crippen LogP contribution < -0.4 is 10.2 Å². The van der Waals surface area contributed by atoms with Crippen LogP contribution in [-0.4, -0.2) is 26.0 Å². The van der Waals surface area contributed by atoms with E-state index < -0.39 is 0 Å². The van der Waals surface area contributed by atoms with Gasteiger partial charge in [0.15, 0.2) is 0 Å². The van der Waals surface area contributed by atoms with Gasteiger partial charge in [0.25, 0.3) is 0 Å². The number of nitrogens with one attached hydrogen (secondary N) is 1. The third-order valence-corrected chi connectivity index (χ3v) is 6.13. The van der Waals surface area contributed by atoms with Crippen LogP contribution in [0.3, 0.4) is 0 Å². The van der Waals surface area contributed by atoms with Crippen LogP contribution in [0.4, 0.5) is 11.4 Å². The Morgan fingerprint density at radius 2 is 1.46 bits per heavy atom. The second-order valence-electron chi connectivity index (χ2n) is 9.52. The van der Waals surface area contributed by atoms with Crippen LogP contribution in [0, 0.1) is 0 Å². The molecule has 2 aromatic carbocycles. The normalized spacial score (nSPS) is 10.7. The molecule has 2 aromatic rings. The molecule has 0 atom stereocenters. The quantitative estimate of drug-likeness (QED) is 0.191. The summed E-state index contributed by atoms with van der Waals surface area (Å²) in [7, 11) is 3.90. The Morgan fingerprint density at radius 3 is 2.11 bits per heavy atom. The van der Waals surface area contributed by atoms with Gasteiger partial charge in [-0.2, -0.15) is 0 Å². The van der Waals surface area contributed by atoms with Crippen LogP contribution in [0.1, 0.15) is 88.7 Å². The molecule has 35 heavy (non-hydrogen) atoms. The Bertz CT molecular complexity index is 880. The van der Waals surface area contributed by atoms with Gasteiger partial charge in [0.2, 0.25) is 5.91 Å². The molecule has 192 valence electrons. The fourth-order valence-corrected chi connectivity index (χ4v) is 4.14. The summed E-state index contributed by atoms with van der Waals surface area (Å²) in [5, 5.41) is 3.06. The number of hydrogen-bond donors (Lipinski definition) is 1. The zero-order valence-corrected chi connectivity index (χ0v) is 22.0. The highest BCUT2D eigenvalue weighted by molar-refractivity contribution is 5.94. The first-order chi connectivity index (χ1) is 17.0. The largest absolute Gasteiger partial charge is 0.461 e. The van der Waals surface area contributed by atoms with Crippen LogP contribution in [0.25, 0.3) is 0 Å². The van der Waals surface area contributed by atoms with E-state index in [4.69, 9.17) is 4.74 Å². The number of amides is 1. The van der Waals surface area contributed by atoms with Gasteiger partial charge in [0.1, 0.15) is 6.61 Å². The van der Waals surface area contributed by atoms with Crippen molar-refractivity contribution in [3.63, 3.8) is 0 Å². The first-order valence-corrected chi connectivity index (χ1v) is 13.3. The molecule has 0 aliphatic heterocycles. The smallest absolute Gasteiger partial charge is 0.306 e. The van der Waals surface area contributed by atoms with E-state index in [0.717, 1.165) is 36.2 Å². The predicted molar refractivity (Wildman–Crippen MR) is 146 cm³/mol. The van der Waals surface area contributed by atoms with Crippen molar-refractivity contribution in [1.29, 1.82) is 0 Å². The molecule has 0 unspecified atom stereocenters. The van der Waals surface area contributed by atoms with Crippen molar-refractivity contribution in [2.75, 3.05) is 24.3 Å². The zero-order chi connectivity index (χ0) is 25.3. The van der Waals surface area contributed by atoms with Crippen molar-refractivity contribution in [1.82, 2.24) is 0 Å². The summed E-state index contributed by atoms with van der Waals surface area (Å²) in [6.07, 6.45) is 12.5. The lowest BCUT2D eigenvalue weighted by Gasteiger charge is -2.19. The fraction of sp³-hybridized carbons (Fsp3) is 0.533. The van der Waals surface area contributed by atoms with Crippen molar-refractivity contribution < 1.29 is 14.3 Å². The van der Waals surface area contributed by atoms with Gasteiger partial charge in [-0.05, 0) is 48.9 Å². The van der Waals surface area contributed by atoms with Gasteiger partial charge in [-0.15, -0.1) is 0 Å². The molecule has 0 spiro atoms. The number of carbonyl (C=O) groups is 2. The molecular formula is C30H44N2O3. The molecule has 5 nitrogen and oxygen atoms in total. The van der Waals surface area contributed by atoms with Crippen LogP contribution in [0.5, 0.6) is 0 Å².